The van der Waals surface area contributed by atoms with Crippen LogP contribution in [0.4, 0.5) is 5.69 Å². The Labute approximate surface area is 138 Å². The van der Waals surface area contributed by atoms with Gasteiger partial charge in [-0.2, -0.15) is 0 Å². The second-order valence-electron chi connectivity index (χ2n) is 5.25. The highest BCUT2D eigenvalue weighted by Crippen LogP contribution is 2.13. The van der Waals surface area contributed by atoms with Crippen molar-refractivity contribution in [3.8, 4) is 5.75 Å². The number of hydrogen-bond donors (Lipinski definition) is 1. The third-order valence-corrected chi connectivity index (χ3v) is 3.69. The average Bonchev–Trinajstić information content (AvgIpc) is 2.60. The molecule has 0 bridgehead atoms. The molecule has 0 aliphatic rings. The Morgan fingerprint density at radius 1 is 1.13 bits per heavy atom. The number of rotatable bonds is 8. The van der Waals surface area contributed by atoms with Gasteiger partial charge in [0.05, 0.1) is 13.7 Å². The molecule has 0 saturated carbocycles. The van der Waals surface area contributed by atoms with E-state index >= 15 is 0 Å². The largest absolute Gasteiger partial charge is 0.497 e. The molecule has 2 rings (SSSR count). The molecule has 0 heterocycles. The third kappa shape index (κ3) is 5.11. The number of carbonyl (C=O) groups excluding carboxylic acids is 1. The smallest absolute Gasteiger partial charge is 0.240 e. The Morgan fingerprint density at radius 2 is 1.91 bits per heavy atom. The summed E-state index contributed by atoms with van der Waals surface area (Å²) < 4.78 is 5.21. The van der Waals surface area contributed by atoms with Crippen LogP contribution >= 0.6 is 0 Å². The number of anilines is 1. The highest BCUT2D eigenvalue weighted by atomic mass is 16.5. The topological polar surface area (TPSA) is 41.6 Å². The molecule has 2 aromatic carbocycles. The van der Waals surface area contributed by atoms with Crippen molar-refractivity contribution in [3.05, 3.63) is 60.2 Å². The molecule has 2 aromatic rings. The molecule has 4 heteroatoms. The number of carbonyl (C=O) groups is 1. The van der Waals surface area contributed by atoms with Crippen molar-refractivity contribution in [2.75, 3.05) is 31.6 Å². The van der Waals surface area contributed by atoms with Crippen LogP contribution in [0.15, 0.2) is 54.6 Å². The minimum Gasteiger partial charge on any atom is -0.497 e. The Balaban J connectivity index is 1.79. The van der Waals surface area contributed by atoms with Gasteiger partial charge in [0, 0.05) is 12.2 Å². The first-order valence-electron chi connectivity index (χ1n) is 7.93. The van der Waals surface area contributed by atoms with E-state index in [4.69, 9.17) is 4.74 Å². The summed E-state index contributed by atoms with van der Waals surface area (Å²) in [4.78, 5) is 14.1. The molecule has 1 N–H and O–H groups in total. The van der Waals surface area contributed by atoms with Crippen LogP contribution in [0.5, 0.6) is 5.75 Å². The Kier molecular flexibility index (Phi) is 6.63. The van der Waals surface area contributed by atoms with Gasteiger partial charge >= 0.3 is 0 Å². The minimum absolute atomic E-state index is 0.0874. The fourth-order valence-electron chi connectivity index (χ4n) is 2.46. The normalized spacial score (nSPS) is 10.3. The number of hydrogen-bond acceptors (Lipinski definition) is 3. The summed E-state index contributed by atoms with van der Waals surface area (Å²) >= 11 is 0. The van der Waals surface area contributed by atoms with Crippen LogP contribution in [-0.4, -0.2) is 32.7 Å². The first-order chi connectivity index (χ1) is 11.2. The lowest BCUT2D eigenvalue weighted by atomic mass is 10.1. The number of likely N-dealkylation sites (N-methyl/N-ethyl adjacent to an activating group) is 1. The summed E-state index contributed by atoms with van der Waals surface area (Å²) in [5.74, 6) is 0.948. The monoisotopic (exact) mass is 312 g/mol. The molecular formula is C19H24N2O2. The van der Waals surface area contributed by atoms with Gasteiger partial charge in [0.25, 0.3) is 0 Å². The van der Waals surface area contributed by atoms with E-state index in [-0.39, 0.29) is 5.91 Å². The zero-order chi connectivity index (χ0) is 16.5. The molecule has 0 aliphatic heterocycles. The maximum atomic E-state index is 12.3. The summed E-state index contributed by atoms with van der Waals surface area (Å²) in [7, 11) is 1.67. The van der Waals surface area contributed by atoms with Gasteiger partial charge in [0.2, 0.25) is 5.91 Å². The van der Waals surface area contributed by atoms with Gasteiger partial charge < -0.3 is 15.0 Å². The summed E-state index contributed by atoms with van der Waals surface area (Å²) in [6.07, 6.45) is 0.863. The lowest BCUT2D eigenvalue weighted by Crippen LogP contribution is -2.38. The molecular weight excluding hydrogens is 288 g/mol. The molecule has 0 unspecified atom stereocenters. The van der Waals surface area contributed by atoms with Gasteiger partial charge in [-0.05, 0) is 49.7 Å². The molecule has 4 nitrogen and oxygen atoms in total. The third-order valence-electron chi connectivity index (χ3n) is 3.69. The fourth-order valence-corrected chi connectivity index (χ4v) is 2.46. The quantitative estimate of drug-likeness (QED) is 0.762. The van der Waals surface area contributed by atoms with Gasteiger partial charge in [0.1, 0.15) is 5.75 Å². The number of nitrogens with zero attached hydrogens (tertiary/aromatic N) is 1. The molecule has 0 aliphatic carbocycles. The number of para-hydroxylation sites is 1. The highest BCUT2D eigenvalue weighted by Gasteiger charge is 2.12. The van der Waals surface area contributed by atoms with Crippen molar-refractivity contribution < 1.29 is 9.53 Å². The number of methoxy groups -OCH3 is 1. The second kappa shape index (κ2) is 8.96. The molecule has 0 atom stereocenters. The van der Waals surface area contributed by atoms with Crippen molar-refractivity contribution >= 4 is 11.6 Å². The van der Waals surface area contributed by atoms with Crippen LogP contribution in [0.2, 0.25) is 0 Å². The summed E-state index contributed by atoms with van der Waals surface area (Å²) in [5, 5.41) is 3.22. The Bertz CT molecular complexity index is 614. The van der Waals surface area contributed by atoms with Gasteiger partial charge in [-0.15, -0.1) is 0 Å². The van der Waals surface area contributed by atoms with E-state index < -0.39 is 0 Å². The van der Waals surface area contributed by atoms with Crippen LogP contribution < -0.4 is 15.0 Å². The van der Waals surface area contributed by atoms with E-state index in [2.05, 4.69) is 11.4 Å². The number of nitrogens with one attached hydrogen (secondary N) is 1. The van der Waals surface area contributed by atoms with Crippen LogP contribution in [0.3, 0.4) is 0 Å². The average molecular weight is 312 g/mol. The fraction of sp³-hybridized carbons (Fsp3) is 0.316. The first kappa shape index (κ1) is 17.0. The van der Waals surface area contributed by atoms with Crippen molar-refractivity contribution in [2.45, 2.75) is 13.3 Å². The highest BCUT2D eigenvalue weighted by molar-refractivity contribution is 5.94. The van der Waals surface area contributed by atoms with Gasteiger partial charge in [-0.1, -0.05) is 30.3 Å². The molecule has 0 saturated heterocycles. The Hall–Kier alpha value is -2.33. The van der Waals surface area contributed by atoms with Crippen LogP contribution in [0, 0.1) is 0 Å². The predicted octanol–water partition coefficient (Wildman–Crippen LogP) is 2.88. The van der Waals surface area contributed by atoms with E-state index in [1.807, 2.05) is 55.5 Å². The molecule has 0 fully saturated rings. The van der Waals surface area contributed by atoms with Gasteiger partial charge in [-0.3, -0.25) is 4.79 Å². The van der Waals surface area contributed by atoms with E-state index in [0.717, 1.165) is 24.4 Å². The summed E-state index contributed by atoms with van der Waals surface area (Å²) in [5.41, 5.74) is 2.13. The molecule has 23 heavy (non-hydrogen) atoms. The SMILES string of the molecule is CCN(C(=O)CNCCc1cccc(OC)c1)c1ccccc1. The Morgan fingerprint density at radius 3 is 2.61 bits per heavy atom. The van der Waals surface area contributed by atoms with E-state index in [1.54, 1.807) is 12.0 Å². The van der Waals surface area contributed by atoms with Crippen molar-refractivity contribution in [1.29, 1.82) is 0 Å². The zero-order valence-electron chi connectivity index (χ0n) is 13.8. The second-order valence-corrected chi connectivity index (χ2v) is 5.25. The summed E-state index contributed by atoms with van der Waals surface area (Å²) in [6, 6.07) is 17.7. The van der Waals surface area contributed by atoms with E-state index in [0.29, 0.717) is 13.1 Å². The van der Waals surface area contributed by atoms with Crippen molar-refractivity contribution in [2.24, 2.45) is 0 Å². The molecule has 122 valence electrons. The first-order valence-corrected chi connectivity index (χ1v) is 7.93. The molecule has 0 radical (unpaired) electrons. The van der Waals surface area contributed by atoms with Crippen LogP contribution in [-0.2, 0) is 11.2 Å². The predicted molar refractivity (Wildman–Crippen MR) is 94.0 cm³/mol. The number of benzene rings is 2. The van der Waals surface area contributed by atoms with Gasteiger partial charge in [-0.25, -0.2) is 0 Å². The van der Waals surface area contributed by atoms with Crippen molar-refractivity contribution in [3.63, 3.8) is 0 Å². The standard InChI is InChI=1S/C19H24N2O2/c1-3-21(17-9-5-4-6-10-17)19(22)15-20-13-12-16-8-7-11-18(14-16)23-2/h4-11,14,20H,3,12-13,15H2,1-2H3. The van der Waals surface area contributed by atoms with Crippen LogP contribution in [0.1, 0.15) is 12.5 Å². The van der Waals surface area contributed by atoms with Crippen LogP contribution in [0.25, 0.3) is 0 Å². The van der Waals surface area contributed by atoms with Gasteiger partial charge in [0.15, 0.2) is 0 Å². The lowest BCUT2D eigenvalue weighted by Gasteiger charge is -2.21. The number of amides is 1. The maximum Gasteiger partial charge on any atom is 0.240 e. The molecule has 0 spiro atoms. The zero-order valence-corrected chi connectivity index (χ0v) is 13.8. The van der Waals surface area contributed by atoms with Crippen molar-refractivity contribution in [1.82, 2.24) is 5.32 Å². The van der Waals surface area contributed by atoms with E-state index in [9.17, 15) is 4.79 Å². The number of ether oxygens (including phenoxy) is 1. The summed E-state index contributed by atoms with van der Waals surface area (Å²) in [6.45, 7) is 3.75. The molecule has 1 amide bonds. The van der Waals surface area contributed by atoms with E-state index in [1.165, 1.54) is 5.56 Å². The lowest BCUT2D eigenvalue weighted by molar-refractivity contribution is -0.117. The minimum atomic E-state index is 0.0874. The molecule has 0 aromatic heterocycles. The maximum absolute atomic E-state index is 12.3.